The van der Waals surface area contributed by atoms with Gasteiger partial charge in [0.05, 0.1) is 8.71 Å². The second kappa shape index (κ2) is 5.87. The van der Waals surface area contributed by atoms with Crippen molar-refractivity contribution in [1.29, 1.82) is 0 Å². The third kappa shape index (κ3) is 3.51. The molecule has 0 spiro atoms. The van der Waals surface area contributed by atoms with Crippen molar-refractivity contribution in [2.45, 2.75) is 11.8 Å². The van der Waals surface area contributed by atoms with E-state index >= 15 is 0 Å². The molecule has 112 valence electrons. The summed E-state index contributed by atoms with van der Waals surface area (Å²) in [4.78, 5) is 14.4. The number of nitrogens with one attached hydrogen (secondary N) is 1. The van der Waals surface area contributed by atoms with E-state index in [2.05, 4.69) is 25.6 Å². The van der Waals surface area contributed by atoms with Crippen molar-refractivity contribution in [3.8, 4) is 0 Å². The van der Waals surface area contributed by atoms with E-state index in [-0.39, 0.29) is 10.0 Å². The quantitative estimate of drug-likeness (QED) is 0.470. The van der Waals surface area contributed by atoms with Crippen LogP contribution in [0.1, 0.15) is 4.88 Å². The summed E-state index contributed by atoms with van der Waals surface area (Å²) in [5, 5.41) is 10.9. The van der Waals surface area contributed by atoms with Crippen molar-refractivity contribution in [2.24, 2.45) is 0 Å². The van der Waals surface area contributed by atoms with Gasteiger partial charge in [-0.25, -0.2) is 13.4 Å². The van der Waals surface area contributed by atoms with Crippen molar-refractivity contribution >= 4 is 60.4 Å². The van der Waals surface area contributed by atoms with Gasteiger partial charge in [-0.15, -0.1) is 11.3 Å². The first-order valence-electron chi connectivity index (χ1n) is 5.30. The highest BCUT2D eigenvalue weighted by atomic mass is 79.9. The summed E-state index contributed by atoms with van der Waals surface area (Å²) in [6, 6.07) is 3.71. The zero-order valence-corrected chi connectivity index (χ0v) is 14.3. The highest BCUT2D eigenvalue weighted by molar-refractivity contribution is 9.11. The lowest BCUT2D eigenvalue weighted by atomic mass is 10.4. The summed E-state index contributed by atoms with van der Waals surface area (Å²) in [7, 11) is -3.99. The Hall–Kier alpha value is -1.23. The molecule has 0 bridgehead atoms. The van der Waals surface area contributed by atoms with Crippen LogP contribution < -0.4 is 4.72 Å². The highest BCUT2D eigenvalue weighted by Gasteiger charge is 2.25. The molecule has 0 aliphatic heterocycles. The van der Waals surface area contributed by atoms with Gasteiger partial charge in [0.1, 0.15) is 10.0 Å². The number of aryl methyl sites for hydroxylation is 1. The number of hydrogen-bond acceptors (Lipinski definition) is 6. The maximum Gasteiger partial charge on any atom is 0.312 e. The van der Waals surface area contributed by atoms with Crippen LogP contribution in [-0.4, -0.2) is 18.3 Å². The van der Waals surface area contributed by atoms with E-state index in [1.807, 2.05) is 0 Å². The van der Waals surface area contributed by atoms with Crippen LogP contribution in [-0.2, 0) is 10.0 Å². The first kappa shape index (κ1) is 16.1. The van der Waals surface area contributed by atoms with E-state index in [1.54, 1.807) is 6.92 Å². The number of halogens is 2. The lowest BCUT2D eigenvalue weighted by molar-refractivity contribution is -0.384. The third-order valence-corrected chi connectivity index (χ3v) is 5.76. The van der Waals surface area contributed by atoms with Gasteiger partial charge in [-0.05, 0) is 35.0 Å². The molecule has 2 heterocycles. The zero-order chi connectivity index (χ0) is 15.8. The number of anilines is 1. The number of pyridine rings is 1. The first-order valence-corrected chi connectivity index (χ1v) is 8.77. The molecule has 0 amide bonds. The van der Waals surface area contributed by atoms with Gasteiger partial charge >= 0.3 is 5.69 Å². The summed E-state index contributed by atoms with van der Waals surface area (Å²) < 4.78 is 27.3. The maximum atomic E-state index is 12.3. The second-order valence-electron chi connectivity index (χ2n) is 3.84. The van der Waals surface area contributed by atoms with Crippen molar-refractivity contribution in [2.75, 3.05) is 4.72 Å². The van der Waals surface area contributed by atoms with E-state index in [0.29, 0.717) is 8.66 Å². The Labute approximate surface area is 137 Å². The van der Waals surface area contributed by atoms with Crippen LogP contribution in [0, 0.1) is 17.0 Å². The Morgan fingerprint density at radius 2 is 2.14 bits per heavy atom. The number of nitro groups is 1. The molecule has 21 heavy (non-hydrogen) atoms. The van der Waals surface area contributed by atoms with Crippen molar-refractivity contribution in [3.05, 3.63) is 42.1 Å². The fourth-order valence-electron chi connectivity index (χ4n) is 1.53. The molecular weight excluding hydrogens is 406 g/mol. The Morgan fingerprint density at radius 1 is 1.48 bits per heavy atom. The number of nitrogens with zero attached hydrogens (tertiary/aromatic N) is 2. The van der Waals surface area contributed by atoms with Crippen LogP contribution in [0.4, 0.5) is 11.5 Å². The molecule has 0 saturated heterocycles. The smallest absolute Gasteiger partial charge is 0.258 e. The van der Waals surface area contributed by atoms with Crippen LogP contribution in [0.2, 0.25) is 5.15 Å². The normalized spacial score (nSPS) is 11.4. The number of aromatic nitrogens is 1. The van der Waals surface area contributed by atoms with Gasteiger partial charge in [-0.3, -0.25) is 14.8 Å². The molecule has 2 rings (SSSR count). The lowest BCUT2D eigenvalue weighted by Gasteiger charge is -2.07. The molecule has 2 aromatic heterocycles. The molecule has 0 aliphatic rings. The number of thiophene rings is 1. The minimum Gasteiger partial charge on any atom is -0.258 e. The summed E-state index contributed by atoms with van der Waals surface area (Å²) >= 11 is 10.1. The Bertz CT molecular complexity index is 822. The monoisotopic (exact) mass is 411 g/mol. The van der Waals surface area contributed by atoms with Crippen molar-refractivity contribution in [1.82, 2.24) is 4.98 Å². The van der Waals surface area contributed by atoms with Gasteiger partial charge in [0.25, 0.3) is 10.0 Å². The van der Waals surface area contributed by atoms with Gasteiger partial charge < -0.3 is 0 Å². The average molecular weight is 413 g/mol. The van der Waals surface area contributed by atoms with Crippen LogP contribution >= 0.6 is 38.9 Å². The third-order valence-electron chi connectivity index (χ3n) is 2.40. The summed E-state index contributed by atoms with van der Waals surface area (Å²) in [6.45, 7) is 1.63. The largest absolute Gasteiger partial charge is 0.312 e. The van der Waals surface area contributed by atoms with Gasteiger partial charge in [-0.2, -0.15) is 0 Å². The van der Waals surface area contributed by atoms with Crippen molar-refractivity contribution in [3.63, 3.8) is 0 Å². The van der Waals surface area contributed by atoms with E-state index < -0.39 is 26.5 Å². The Kier molecular flexibility index (Phi) is 4.51. The van der Waals surface area contributed by atoms with E-state index in [0.717, 1.165) is 6.07 Å². The van der Waals surface area contributed by atoms with Crippen molar-refractivity contribution < 1.29 is 13.3 Å². The predicted molar refractivity (Wildman–Crippen MR) is 83.5 cm³/mol. The van der Waals surface area contributed by atoms with Gasteiger partial charge in [0, 0.05) is 10.9 Å². The Balaban J connectivity index is 2.48. The molecule has 0 atom stereocenters. The lowest BCUT2D eigenvalue weighted by Crippen LogP contribution is -2.15. The van der Waals surface area contributed by atoms with E-state index in [4.69, 9.17) is 11.6 Å². The Morgan fingerprint density at radius 3 is 2.67 bits per heavy atom. The van der Waals surface area contributed by atoms with Crippen LogP contribution in [0.25, 0.3) is 0 Å². The number of sulfonamides is 1. The van der Waals surface area contributed by atoms with Crippen LogP contribution in [0.5, 0.6) is 0 Å². The van der Waals surface area contributed by atoms with Gasteiger partial charge in [0.15, 0.2) is 0 Å². The zero-order valence-electron chi connectivity index (χ0n) is 10.3. The standard InChI is InChI=1S/C10H7BrClN3O4S2/c1-5-7(4-8(11)20-5)21(18,19)14-10-6(15(16)17)2-3-9(12)13-10/h2-4H,1H3,(H,13,14). The average Bonchev–Trinajstić information content (AvgIpc) is 2.68. The molecule has 11 heteroatoms. The molecular formula is C10H7BrClN3O4S2. The molecule has 1 N–H and O–H groups in total. The molecule has 7 nitrogen and oxygen atoms in total. The molecule has 0 aromatic carbocycles. The predicted octanol–water partition coefficient (Wildman–Crippen LogP) is 3.58. The number of rotatable bonds is 4. The summed E-state index contributed by atoms with van der Waals surface area (Å²) in [5.74, 6) is -0.422. The molecule has 0 radical (unpaired) electrons. The summed E-state index contributed by atoms with van der Waals surface area (Å²) in [6.07, 6.45) is 0. The number of hydrogen-bond donors (Lipinski definition) is 1. The topological polar surface area (TPSA) is 102 Å². The minimum atomic E-state index is -3.99. The molecule has 2 aromatic rings. The van der Waals surface area contributed by atoms with Crippen LogP contribution in [0.3, 0.4) is 0 Å². The molecule has 0 fully saturated rings. The van der Waals surface area contributed by atoms with Gasteiger partial charge in [0.2, 0.25) is 5.82 Å². The summed E-state index contributed by atoms with van der Waals surface area (Å²) in [5.41, 5.74) is -0.477. The molecule has 0 unspecified atom stereocenters. The first-order chi connectivity index (χ1) is 9.70. The molecule has 0 saturated carbocycles. The fraction of sp³-hybridized carbons (Fsp3) is 0.100. The van der Waals surface area contributed by atoms with Gasteiger partial charge in [-0.1, -0.05) is 11.6 Å². The molecule has 0 aliphatic carbocycles. The SMILES string of the molecule is Cc1sc(Br)cc1S(=O)(=O)Nc1nc(Cl)ccc1[N+](=O)[O-]. The highest BCUT2D eigenvalue weighted by Crippen LogP contribution is 2.32. The van der Waals surface area contributed by atoms with Crippen LogP contribution in [0.15, 0.2) is 26.9 Å². The second-order valence-corrected chi connectivity index (χ2v) is 8.51. The minimum absolute atomic E-state index is 0.0236. The van der Waals surface area contributed by atoms with E-state index in [9.17, 15) is 18.5 Å². The fourth-order valence-corrected chi connectivity index (χ4v) is 5.11. The maximum absolute atomic E-state index is 12.3. The van der Waals surface area contributed by atoms with E-state index in [1.165, 1.54) is 23.5 Å².